The average Bonchev–Trinajstić information content (AvgIpc) is 3.25. The van der Waals surface area contributed by atoms with Crippen molar-refractivity contribution in [2.75, 3.05) is 65.4 Å². The number of piperazine rings is 1. The maximum Gasteiger partial charge on any atom is 0.239 e. The Hall–Kier alpha value is -1.10. The minimum atomic E-state index is -0.0362. The third-order valence-electron chi connectivity index (χ3n) is 6.79. The third kappa shape index (κ3) is 7.74. The van der Waals surface area contributed by atoms with Crippen LogP contribution in [0.3, 0.4) is 0 Å². The van der Waals surface area contributed by atoms with Gasteiger partial charge in [0.05, 0.1) is 6.04 Å². The molecule has 3 aliphatic rings. The molecule has 0 radical (unpaired) electrons. The van der Waals surface area contributed by atoms with Gasteiger partial charge >= 0.3 is 0 Å². The Morgan fingerprint density at radius 3 is 2.34 bits per heavy atom. The Morgan fingerprint density at radius 1 is 0.969 bits per heavy atom. The molecule has 3 rings (SSSR count). The summed E-state index contributed by atoms with van der Waals surface area (Å²) in [5.74, 6) is 1.56. The van der Waals surface area contributed by atoms with E-state index in [2.05, 4.69) is 29.0 Å². The van der Waals surface area contributed by atoms with Crippen molar-refractivity contribution in [3.63, 3.8) is 0 Å². The number of nitrogens with one attached hydrogen (secondary N) is 1. The molecule has 32 heavy (non-hydrogen) atoms. The lowest BCUT2D eigenvalue weighted by Gasteiger charge is -2.39. The smallest absolute Gasteiger partial charge is 0.239 e. The molecule has 0 bridgehead atoms. The summed E-state index contributed by atoms with van der Waals surface area (Å²) in [6, 6.07) is -0.0362. The first-order valence-corrected chi connectivity index (χ1v) is 12.4. The summed E-state index contributed by atoms with van der Waals surface area (Å²) in [5.41, 5.74) is 0. The second-order valence-electron chi connectivity index (χ2n) is 9.01. The molecule has 2 amide bonds. The number of carbonyl (C=O) groups is 2. The molecule has 0 saturated carbocycles. The fourth-order valence-corrected chi connectivity index (χ4v) is 4.83. The van der Waals surface area contributed by atoms with Crippen molar-refractivity contribution in [2.45, 2.75) is 64.8 Å². The Kier molecular flexibility index (Phi) is 12.1. The molecule has 9 heteroatoms. The molecule has 1 atom stereocenters. The second-order valence-corrected chi connectivity index (χ2v) is 9.01. The van der Waals surface area contributed by atoms with Gasteiger partial charge in [-0.2, -0.15) is 0 Å². The summed E-state index contributed by atoms with van der Waals surface area (Å²) < 4.78 is 0. The first kappa shape index (κ1) is 27.1. The zero-order chi connectivity index (χ0) is 22.1. The Labute approximate surface area is 211 Å². The van der Waals surface area contributed by atoms with Gasteiger partial charge < -0.3 is 20.0 Å². The van der Waals surface area contributed by atoms with E-state index in [1.807, 2.05) is 9.80 Å². The van der Waals surface area contributed by atoms with Gasteiger partial charge in [-0.3, -0.25) is 19.5 Å². The molecule has 3 saturated heterocycles. The molecule has 0 aromatic carbocycles. The molecular formula is C23H43IN6O2. The van der Waals surface area contributed by atoms with Gasteiger partial charge in [-0.05, 0) is 46.0 Å². The first-order chi connectivity index (χ1) is 15.1. The van der Waals surface area contributed by atoms with E-state index in [-0.39, 0.29) is 35.9 Å². The van der Waals surface area contributed by atoms with Gasteiger partial charge in [0, 0.05) is 71.9 Å². The lowest BCUT2D eigenvalue weighted by atomic mass is 10.2. The standard InChI is InChI=1S/C23H42N6O2.HI/c1-3-24-23(25-11-9-15-27-12-6-4-5-10-21(27)30)29-18-16-26(17-19-29)20(2)22(31)28-13-7-8-14-28;/h20H,3-19H2,1-2H3,(H,24,25);1H. The largest absolute Gasteiger partial charge is 0.357 e. The number of halogens is 1. The predicted molar refractivity (Wildman–Crippen MR) is 139 cm³/mol. The van der Waals surface area contributed by atoms with Gasteiger partial charge in [0.2, 0.25) is 11.8 Å². The zero-order valence-electron chi connectivity index (χ0n) is 20.1. The number of hydrogen-bond donors (Lipinski definition) is 1. The van der Waals surface area contributed by atoms with Crippen LogP contribution in [0, 0.1) is 0 Å². The van der Waals surface area contributed by atoms with Gasteiger partial charge in [-0.15, -0.1) is 24.0 Å². The van der Waals surface area contributed by atoms with Crippen LogP contribution in [0.25, 0.3) is 0 Å². The number of amides is 2. The van der Waals surface area contributed by atoms with Crippen LogP contribution in [0.5, 0.6) is 0 Å². The lowest BCUT2D eigenvalue weighted by molar-refractivity contribution is -0.135. The van der Waals surface area contributed by atoms with Gasteiger partial charge in [0.15, 0.2) is 5.96 Å². The molecule has 0 aromatic heterocycles. The van der Waals surface area contributed by atoms with Gasteiger partial charge in [0.25, 0.3) is 0 Å². The number of likely N-dealkylation sites (tertiary alicyclic amines) is 2. The van der Waals surface area contributed by atoms with Crippen molar-refractivity contribution >= 4 is 41.8 Å². The molecule has 1 unspecified atom stereocenters. The van der Waals surface area contributed by atoms with Crippen LogP contribution >= 0.6 is 24.0 Å². The predicted octanol–water partition coefficient (Wildman–Crippen LogP) is 1.99. The van der Waals surface area contributed by atoms with Crippen LogP contribution in [0.2, 0.25) is 0 Å². The monoisotopic (exact) mass is 562 g/mol. The highest BCUT2D eigenvalue weighted by atomic mass is 127. The van der Waals surface area contributed by atoms with E-state index in [0.29, 0.717) is 12.3 Å². The van der Waals surface area contributed by atoms with Crippen LogP contribution in [0.1, 0.15) is 58.8 Å². The molecule has 184 valence electrons. The summed E-state index contributed by atoms with van der Waals surface area (Å²) >= 11 is 0. The summed E-state index contributed by atoms with van der Waals surface area (Å²) in [4.78, 5) is 38.4. The van der Waals surface area contributed by atoms with Gasteiger partial charge in [-0.1, -0.05) is 6.42 Å². The second kappa shape index (κ2) is 14.2. The van der Waals surface area contributed by atoms with Crippen molar-refractivity contribution in [1.82, 2.24) is 24.9 Å². The van der Waals surface area contributed by atoms with E-state index >= 15 is 0 Å². The van der Waals surface area contributed by atoms with Crippen molar-refractivity contribution in [3.05, 3.63) is 0 Å². The van der Waals surface area contributed by atoms with Gasteiger partial charge in [-0.25, -0.2) is 0 Å². The van der Waals surface area contributed by atoms with Crippen LogP contribution < -0.4 is 5.32 Å². The highest BCUT2D eigenvalue weighted by Gasteiger charge is 2.30. The number of nitrogens with zero attached hydrogens (tertiary/aromatic N) is 5. The summed E-state index contributed by atoms with van der Waals surface area (Å²) in [7, 11) is 0. The number of rotatable bonds is 7. The third-order valence-corrected chi connectivity index (χ3v) is 6.79. The van der Waals surface area contributed by atoms with Crippen LogP contribution in [0.4, 0.5) is 0 Å². The maximum atomic E-state index is 12.7. The van der Waals surface area contributed by atoms with Crippen LogP contribution in [-0.2, 0) is 9.59 Å². The molecule has 3 fully saturated rings. The number of guanidine groups is 1. The minimum absolute atomic E-state index is 0. The van der Waals surface area contributed by atoms with E-state index in [0.717, 1.165) is 104 Å². The maximum absolute atomic E-state index is 12.7. The van der Waals surface area contributed by atoms with E-state index in [1.165, 1.54) is 6.42 Å². The molecule has 0 aliphatic carbocycles. The highest BCUT2D eigenvalue weighted by molar-refractivity contribution is 14.0. The van der Waals surface area contributed by atoms with Crippen molar-refractivity contribution < 1.29 is 9.59 Å². The molecule has 3 aliphatic heterocycles. The number of hydrogen-bond acceptors (Lipinski definition) is 4. The van der Waals surface area contributed by atoms with Crippen molar-refractivity contribution in [3.8, 4) is 0 Å². The van der Waals surface area contributed by atoms with E-state index in [9.17, 15) is 9.59 Å². The summed E-state index contributed by atoms with van der Waals surface area (Å²) in [6.45, 7) is 12.8. The van der Waals surface area contributed by atoms with Crippen molar-refractivity contribution in [2.24, 2.45) is 4.99 Å². The molecular weight excluding hydrogens is 519 g/mol. The van der Waals surface area contributed by atoms with Crippen LogP contribution in [0.15, 0.2) is 4.99 Å². The fraction of sp³-hybridized carbons (Fsp3) is 0.870. The molecule has 0 spiro atoms. The lowest BCUT2D eigenvalue weighted by Crippen LogP contribution is -2.57. The zero-order valence-corrected chi connectivity index (χ0v) is 22.4. The van der Waals surface area contributed by atoms with E-state index in [1.54, 1.807) is 0 Å². The molecule has 8 nitrogen and oxygen atoms in total. The summed E-state index contributed by atoms with van der Waals surface area (Å²) in [6.07, 6.45) is 7.21. The Morgan fingerprint density at radius 2 is 1.66 bits per heavy atom. The number of carbonyl (C=O) groups excluding carboxylic acids is 2. The Balaban J connectivity index is 0.00000363. The minimum Gasteiger partial charge on any atom is -0.357 e. The molecule has 0 aromatic rings. The fourth-order valence-electron chi connectivity index (χ4n) is 4.83. The van der Waals surface area contributed by atoms with Gasteiger partial charge in [0.1, 0.15) is 0 Å². The highest BCUT2D eigenvalue weighted by Crippen LogP contribution is 2.14. The summed E-state index contributed by atoms with van der Waals surface area (Å²) in [5, 5.41) is 3.42. The Bertz CT molecular complexity index is 618. The first-order valence-electron chi connectivity index (χ1n) is 12.4. The molecule has 3 heterocycles. The quantitative estimate of drug-likeness (QED) is 0.223. The topological polar surface area (TPSA) is 71.5 Å². The molecule has 1 N–H and O–H groups in total. The van der Waals surface area contributed by atoms with Crippen LogP contribution in [-0.4, -0.2) is 109 Å². The van der Waals surface area contributed by atoms with Crippen molar-refractivity contribution in [1.29, 1.82) is 0 Å². The SMILES string of the molecule is CCNC(=NCCCN1CCCCCC1=O)N1CCN(C(C)C(=O)N2CCCC2)CC1.I. The van der Waals surface area contributed by atoms with E-state index < -0.39 is 0 Å². The normalized spacial score (nSPS) is 21.9. The average molecular weight is 563 g/mol. The van der Waals surface area contributed by atoms with E-state index in [4.69, 9.17) is 4.99 Å². The number of aliphatic imine (C=N–C) groups is 1.